The summed E-state index contributed by atoms with van der Waals surface area (Å²) < 4.78 is 0. The van der Waals surface area contributed by atoms with Crippen LogP contribution in [0, 0.1) is 11.3 Å². The lowest BCUT2D eigenvalue weighted by Crippen LogP contribution is -2.08. The van der Waals surface area contributed by atoms with Gasteiger partial charge in [0.25, 0.3) is 0 Å². The van der Waals surface area contributed by atoms with E-state index < -0.39 is 0 Å². The van der Waals surface area contributed by atoms with Gasteiger partial charge in [-0.15, -0.1) is 0 Å². The number of hydrogen-bond donors (Lipinski definition) is 2. The van der Waals surface area contributed by atoms with E-state index in [1.165, 1.54) is 6.33 Å². The van der Waals surface area contributed by atoms with Gasteiger partial charge in [-0.1, -0.05) is 0 Å². The molecule has 0 amide bonds. The molecular formula is C9H14N6. The van der Waals surface area contributed by atoms with Crippen LogP contribution in [0.1, 0.15) is 19.8 Å². The van der Waals surface area contributed by atoms with E-state index in [0.717, 1.165) is 13.0 Å². The first kappa shape index (κ1) is 11.2. The average Bonchev–Trinajstić information content (AvgIpc) is 2.26. The zero-order valence-electron chi connectivity index (χ0n) is 8.69. The molecule has 0 aliphatic rings. The van der Waals surface area contributed by atoms with E-state index in [1.54, 1.807) is 0 Å². The Hall–Kier alpha value is -1.90. The monoisotopic (exact) mass is 206 g/mol. The van der Waals surface area contributed by atoms with E-state index in [4.69, 9.17) is 5.26 Å². The van der Waals surface area contributed by atoms with Gasteiger partial charge in [-0.05, 0) is 13.3 Å². The number of hydrogen-bond acceptors (Lipinski definition) is 6. The van der Waals surface area contributed by atoms with Gasteiger partial charge in [0.1, 0.15) is 6.33 Å². The van der Waals surface area contributed by atoms with Crippen LogP contribution in [0.25, 0.3) is 0 Å². The third-order valence-electron chi connectivity index (χ3n) is 1.66. The smallest absolute Gasteiger partial charge is 0.227 e. The molecule has 2 N–H and O–H groups in total. The summed E-state index contributed by atoms with van der Waals surface area (Å²) in [5.41, 5.74) is 0. The van der Waals surface area contributed by atoms with Crippen LogP contribution in [0.5, 0.6) is 0 Å². The van der Waals surface area contributed by atoms with E-state index in [9.17, 15) is 0 Å². The number of aromatic nitrogens is 3. The van der Waals surface area contributed by atoms with E-state index in [0.29, 0.717) is 24.9 Å². The number of nitrogens with zero attached hydrogens (tertiary/aromatic N) is 4. The zero-order chi connectivity index (χ0) is 10.9. The minimum absolute atomic E-state index is 0.540. The van der Waals surface area contributed by atoms with Gasteiger partial charge in [0, 0.05) is 19.5 Å². The largest absolute Gasteiger partial charge is 0.354 e. The van der Waals surface area contributed by atoms with Crippen LogP contribution in [0.4, 0.5) is 11.9 Å². The van der Waals surface area contributed by atoms with Crippen LogP contribution in [0.2, 0.25) is 0 Å². The highest BCUT2D eigenvalue weighted by Gasteiger charge is 1.97. The van der Waals surface area contributed by atoms with Gasteiger partial charge in [-0.25, -0.2) is 9.97 Å². The van der Waals surface area contributed by atoms with Crippen LogP contribution in [-0.2, 0) is 0 Å². The van der Waals surface area contributed by atoms with Gasteiger partial charge in [0.05, 0.1) is 6.07 Å². The fourth-order valence-electron chi connectivity index (χ4n) is 0.992. The second-order valence-electron chi connectivity index (χ2n) is 2.85. The minimum atomic E-state index is 0.540. The summed E-state index contributed by atoms with van der Waals surface area (Å²) in [6, 6.07) is 2.08. The maximum absolute atomic E-state index is 8.35. The highest BCUT2D eigenvalue weighted by atomic mass is 15.2. The number of anilines is 2. The van der Waals surface area contributed by atoms with Gasteiger partial charge in [0.15, 0.2) is 0 Å². The lowest BCUT2D eigenvalue weighted by atomic mass is 10.3. The fraction of sp³-hybridized carbons (Fsp3) is 0.556. The first-order valence-corrected chi connectivity index (χ1v) is 4.90. The summed E-state index contributed by atoms with van der Waals surface area (Å²) in [6.07, 6.45) is 2.79. The molecule has 0 aliphatic carbocycles. The van der Waals surface area contributed by atoms with Gasteiger partial charge in [-0.2, -0.15) is 10.2 Å². The first-order valence-electron chi connectivity index (χ1n) is 4.90. The van der Waals surface area contributed by atoms with E-state index in [2.05, 4.69) is 31.7 Å². The van der Waals surface area contributed by atoms with Crippen molar-refractivity contribution in [1.82, 2.24) is 15.0 Å². The molecule has 80 valence electrons. The Morgan fingerprint density at radius 3 is 2.73 bits per heavy atom. The van der Waals surface area contributed by atoms with Crippen LogP contribution in [0.3, 0.4) is 0 Å². The number of nitriles is 1. The molecular weight excluding hydrogens is 192 g/mol. The van der Waals surface area contributed by atoms with Crippen LogP contribution >= 0.6 is 0 Å². The van der Waals surface area contributed by atoms with Crippen LogP contribution in [-0.4, -0.2) is 28.0 Å². The molecule has 1 aromatic heterocycles. The molecule has 0 aromatic carbocycles. The van der Waals surface area contributed by atoms with Crippen molar-refractivity contribution in [3.8, 4) is 6.07 Å². The standard InChI is InChI=1S/C9H14N6/c1-2-11-8-13-7-14-9(15-8)12-6-4-3-5-10/h7H,2-4,6H2,1H3,(H2,11,12,13,14,15). The van der Waals surface area contributed by atoms with E-state index >= 15 is 0 Å². The summed E-state index contributed by atoms with van der Waals surface area (Å²) in [5.74, 6) is 1.11. The second kappa shape index (κ2) is 6.54. The zero-order valence-corrected chi connectivity index (χ0v) is 8.69. The Morgan fingerprint density at radius 2 is 2.07 bits per heavy atom. The number of unbranched alkanes of at least 4 members (excludes halogenated alkanes) is 1. The summed E-state index contributed by atoms with van der Waals surface area (Å²) in [6.45, 7) is 3.45. The predicted octanol–water partition coefficient (Wildman–Crippen LogP) is 1.02. The maximum atomic E-state index is 8.35. The van der Waals surface area contributed by atoms with Crippen molar-refractivity contribution in [2.75, 3.05) is 23.7 Å². The van der Waals surface area contributed by atoms with Crippen molar-refractivity contribution in [2.45, 2.75) is 19.8 Å². The quantitative estimate of drug-likeness (QED) is 0.676. The number of nitrogens with one attached hydrogen (secondary N) is 2. The summed E-state index contributed by atoms with van der Waals surface area (Å²) >= 11 is 0. The van der Waals surface area contributed by atoms with Crippen molar-refractivity contribution in [1.29, 1.82) is 5.26 Å². The Balaban J connectivity index is 2.40. The average molecular weight is 206 g/mol. The van der Waals surface area contributed by atoms with Gasteiger partial charge in [-0.3, -0.25) is 0 Å². The van der Waals surface area contributed by atoms with Crippen LogP contribution < -0.4 is 10.6 Å². The predicted molar refractivity (Wildman–Crippen MR) is 57.3 cm³/mol. The minimum Gasteiger partial charge on any atom is -0.354 e. The van der Waals surface area contributed by atoms with Crippen molar-refractivity contribution in [3.05, 3.63) is 6.33 Å². The Bertz CT molecular complexity index is 332. The van der Waals surface area contributed by atoms with Crippen molar-refractivity contribution in [3.63, 3.8) is 0 Å². The molecule has 0 fully saturated rings. The molecule has 0 spiro atoms. The number of rotatable bonds is 6. The lowest BCUT2D eigenvalue weighted by Gasteiger charge is -2.04. The molecule has 1 heterocycles. The molecule has 0 unspecified atom stereocenters. The maximum Gasteiger partial charge on any atom is 0.227 e. The van der Waals surface area contributed by atoms with Gasteiger partial charge >= 0.3 is 0 Å². The van der Waals surface area contributed by atoms with Crippen molar-refractivity contribution >= 4 is 11.9 Å². The van der Waals surface area contributed by atoms with Crippen LogP contribution in [0.15, 0.2) is 6.33 Å². The van der Waals surface area contributed by atoms with Gasteiger partial charge < -0.3 is 10.6 Å². The lowest BCUT2D eigenvalue weighted by molar-refractivity contribution is 0.878. The molecule has 0 saturated heterocycles. The van der Waals surface area contributed by atoms with Gasteiger partial charge in [0.2, 0.25) is 11.9 Å². The Kier molecular flexibility index (Phi) is 4.87. The van der Waals surface area contributed by atoms with Crippen molar-refractivity contribution in [2.24, 2.45) is 0 Å². The third kappa shape index (κ3) is 4.22. The topological polar surface area (TPSA) is 86.5 Å². The molecule has 1 aromatic rings. The summed E-state index contributed by atoms with van der Waals surface area (Å²) in [4.78, 5) is 12.0. The fourth-order valence-corrected chi connectivity index (χ4v) is 0.992. The normalized spacial score (nSPS) is 9.33. The molecule has 0 radical (unpaired) electrons. The molecule has 6 heteroatoms. The first-order chi connectivity index (χ1) is 7.36. The van der Waals surface area contributed by atoms with E-state index in [-0.39, 0.29) is 0 Å². The molecule has 0 aliphatic heterocycles. The molecule has 6 nitrogen and oxygen atoms in total. The highest BCUT2D eigenvalue weighted by molar-refractivity contribution is 5.32. The molecule has 15 heavy (non-hydrogen) atoms. The Morgan fingerprint density at radius 1 is 1.33 bits per heavy atom. The Labute approximate surface area is 88.8 Å². The summed E-state index contributed by atoms with van der Waals surface area (Å²) in [5, 5.41) is 14.4. The third-order valence-corrected chi connectivity index (χ3v) is 1.66. The molecule has 0 bridgehead atoms. The van der Waals surface area contributed by atoms with E-state index in [1.807, 2.05) is 6.92 Å². The summed E-state index contributed by atoms with van der Waals surface area (Å²) in [7, 11) is 0. The highest BCUT2D eigenvalue weighted by Crippen LogP contribution is 2.01. The molecule has 1 rings (SSSR count). The molecule has 0 atom stereocenters. The molecule has 0 saturated carbocycles. The SMILES string of the molecule is CCNc1ncnc(NCCCC#N)n1. The van der Waals surface area contributed by atoms with Crippen molar-refractivity contribution < 1.29 is 0 Å². The second-order valence-corrected chi connectivity index (χ2v) is 2.85.